The Labute approximate surface area is 46.1 Å². The van der Waals surface area contributed by atoms with E-state index < -0.39 is 9.51 Å². The standard InChI is InChI=1S/C2H3BrO2S/c1-2-5-6(3)4/h2H,1H2. The summed E-state index contributed by atoms with van der Waals surface area (Å²) in [5.74, 6) is 0. The van der Waals surface area contributed by atoms with E-state index in [0.29, 0.717) is 0 Å². The predicted molar refractivity (Wildman–Crippen MR) is 28.4 cm³/mol. The Balaban J connectivity index is 3.05. The molecule has 0 aromatic heterocycles. The lowest BCUT2D eigenvalue weighted by Gasteiger charge is -1.81. The van der Waals surface area contributed by atoms with Gasteiger partial charge in [0, 0.05) is 0 Å². The fourth-order valence-corrected chi connectivity index (χ4v) is 0.484. The van der Waals surface area contributed by atoms with E-state index in [1.165, 1.54) is 0 Å². The number of hydrogen-bond donors (Lipinski definition) is 0. The van der Waals surface area contributed by atoms with Crippen LogP contribution in [0.25, 0.3) is 0 Å². The molecule has 0 radical (unpaired) electrons. The van der Waals surface area contributed by atoms with Crippen molar-refractivity contribution in [1.82, 2.24) is 0 Å². The van der Waals surface area contributed by atoms with E-state index in [0.717, 1.165) is 6.26 Å². The first kappa shape index (κ1) is 6.17. The molecule has 0 amide bonds. The third-order valence-corrected chi connectivity index (χ3v) is 0.889. The third-order valence-electron chi connectivity index (χ3n) is 0.144. The van der Waals surface area contributed by atoms with Gasteiger partial charge >= 0.3 is 0 Å². The van der Waals surface area contributed by atoms with Crippen LogP contribution >= 0.6 is 14.8 Å². The Hall–Kier alpha value is 0.170. The van der Waals surface area contributed by atoms with Crippen molar-refractivity contribution in [2.45, 2.75) is 0 Å². The molecule has 0 aliphatic carbocycles. The minimum absolute atomic E-state index is 1.10. The molecule has 0 heterocycles. The van der Waals surface area contributed by atoms with E-state index in [1.807, 2.05) is 0 Å². The molecular formula is C2H3BrO2S. The van der Waals surface area contributed by atoms with Crippen LogP contribution in [0.3, 0.4) is 0 Å². The first-order chi connectivity index (χ1) is 2.77. The van der Waals surface area contributed by atoms with Gasteiger partial charge in [0.1, 0.15) is 0 Å². The lowest BCUT2D eigenvalue weighted by molar-refractivity contribution is 0.522. The molecule has 4 heteroatoms. The highest BCUT2D eigenvalue weighted by Gasteiger charge is 1.79. The second kappa shape index (κ2) is 3.36. The Morgan fingerprint density at radius 2 is 2.50 bits per heavy atom. The van der Waals surface area contributed by atoms with Gasteiger partial charge in [0.25, 0.3) is 9.51 Å². The quantitative estimate of drug-likeness (QED) is 0.459. The van der Waals surface area contributed by atoms with Gasteiger partial charge in [0.05, 0.1) is 21.1 Å². The van der Waals surface area contributed by atoms with Crippen molar-refractivity contribution in [1.29, 1.82) is 0 Å². The molecule has 0 saturated carbocycles. The van der Waals surface area contributed by atoms with E-state index in [2.05, 4.69) is 25.6 Å². The summed E-state index contributed by atoms with van der Waals surface area (Å²) in [6.45, 7) is 3.16. The monoisotopic (exact) mass is 170 g/mol. The number of halogens is 1. The van der Waals surface area contributed by atoms with E-state index >= 15 is 0 Å². The van der Waals surface area contributed by atoms with Gasteiger partial charge in [-0.25, -0.2) is 4.21 Å². The van der Waals surface area contributed by atoms with E-state index in [1.54, 1.807) is 0 Å². The minimum atomic E-state index is -1.37. The summed E-state index contributed by atoms with van der Waals surface area (Å²) in [4.78, 5) is 0. The zero-order chi connectivity index (χ0) is 4.99. The second-order valence-corrected chi connectivity index (χ2v) is 2.62. The first-order valence-electron chi connectivity index (χ1n) is 1.13. The van der Waals surface area contributed by atoms with Crippen LogP contribution in [0, 0.1) is 0 Å². The van der Waals surface area contributed by atoms with Gasteiger partial charge in [-0.2, -0.15) is 0 Å². The molecule has 0 aromatic carbocycles. The largest absolute Gasteiger partial charge is 0.401 e. The lowest BCUT2D eigenvalue weighted by atomic mass is 11.2. The van der Waals surface area contributed by atoms with Crippen LogP contribution < -0.4 is 0 Å². The SMILES string of the molecule is C=COS(=O)Br. The molecule has 0 rings (SSSR count). The summed E-state index contributed by atoms with van der Waals surface area (Å²) in [5.41, 5.74) is 0. The summed E-state index contributed by atoms with van der Waals surface area (Å²) in [5, 5.41) is 0. The highest BCUT2D eigenvalue weighted by Crippen LogP contribution is 1.92. The van der Waals surface area contributed by atoms with E-state index in [9.17, 15) is 4.21 Å². The zero-order valence-electron chi connectivity index (χ0n) is 2.89. The van der Waals surface area contributed by atoms with Crippen molar-refractivity contribution in [2.75, 3.05) is 0 Å². The average molecular weight is 171 g/mol. The topological polar surface area (TPSA) is 26.3 Å². The van der Waals surface area contributed by atoms with Crippen molar-refractivity contribution in [3.63, 3.8) is 0 Å². The van der Waals surface area contributed by atoms with Gasteiger partial charge in [0.2, 0.25) is 0 Å². The van der Waals surface area contributed by atoms with Crippen molar-refractivity contribution >= 4 is 24.3 Å². The van der Waals surface area contributed by atoms with Crippen molar-refractivity contribution in [3.8, 4) is 0 Å². The highest BCUT2D eigenvalue weighted by molar-refractivity contribution is 9.45. The number of rotatable bonds is 2. The molecule has 1 atom stereocenters. The Morgan fingerprint density at radius 1 is 2.00 bits per heavy atom. The zero-order valence-corrected chi connectivity index (χ0v) is 5.29. The Kier molecular flexibility index (Phi) is 3.46. The smallest absolute Gasteiger partial charge is 0.278 e. The molecule has 0 saturated heterocycles. The van der Waals surface area contributed by atoms with Crippen molar-refractivity contribution in [3.05, 3.63) is 12.8 Å². The average Bonchev–Trinajstić information content (AvgIpc) is 1.35. The van der Waals surface area contributed by atoms with Crippen LogP contribution in [0.4, 0.5) is 0 Å². The van der Waals surface area contributed by atoms with Gasteiger partial charge in [0.15, 0.2) is 0 Å². The predicted octanol–water partition coefficient (Wildman–Crippen LogP) is 1.12. The van der Waals surface area contributed by atoms with Crippen molar-refractivity contribution in [2.24, 2.45) is 0 Å². The van der Waals surface area contributed by atoms with Gasteiger partial charge < -0.3 is 4.18 Å². The fraction of sp³-hybridized carbons (Fsp3) is 0. The van der Waals surface area contributed by atoms with Gasteiger partial charge in [-0.05, 0) is 0 Å². The maximum atomic E-state index is 9.78. The van der Waals surface area contributed by atoms with Crippen LogP contribution in [0.1, 0.15) is 0 Å². The molecule has 36 valence electrons. The number of hydrogen-bond acceptors (Lipinski definition) is 2. The molecule has 0 aliphatic rings. The van der Waals surface area contributed by atoms with Crippen LogP contribution in [0.5, 0.6) is 0 Å². The molecule has 0 spiro atoms. The van der Waals surface area contributed by atoms with Crippen LogP contribution in [-0.4, -0.2) is 4.21 Å². The lowest BCUT2D eigenvalue weighted by Crippen LogP contribution is -1.72. The van der Waals surface area contributed by atoms with Crippen LogP contribution in [0.2, 0.25) is 0 Å². The fourth-order valence-electron chi connectivity index (χ4n) is 0.0535. The summed E-state index contributed by atoms with van der Waals surface area (Å²) < 4.78 is 14.0. The second-order valence-electron chi connectivity index (χ2n) is 0.457. The molecular weight excluding hydrogens is 168 g/mol. The molecule has 0 aliphatic heterocycles. The van der Waals surface area contributed by atoms with E-state index in [4.69, 9.17) is 0 Å². The van der Waals surface area contributed by atoms with E-state index in [-0.39, 0.29) is 0 Å². The minimum Gasteiger partial charge on any atom is -0.401 e. The molecule has 0 aromatic rings. The van der Waals surface area contributed by atoms with Crippen LogP contribution in [0.15, 0.2) is 12.8 Å². The Bertz CT molecular complexity index is 71.9. The summed E-state index contributed by atoms with van der Waals surface area (Å²) in [7, 11) is -1.37. The Morgan fingerprint density at radius 3 is 2.50 bits per heavy atom. The maximum Gasteiger partial charge on any atom is 0.278 e. The molecule has 2 nitrogen and oxygen atoms in total. The summed E-state index contributed by atoms with van der Waals surface area (Å²) in [6.07, 6.45) is 1.10. The molecule has 0 N–H and O–H groups in total. The van der Waals surface area contributed by atoms with Gasteiger partial charge in [-0.3, -0.25) is 0 Å². The molecule has 0 fully saturated rings. The molecule has 1 unspecified atom stereocenters. The molecule has 6 heavy (non-hydrogen) atoms. The van der Waals surface area contributed by atoms with Gasteiger partial charge in [-0.1, -0.05) is 6.58 Å². The summed E-state index contributed by atoms with van der Waals surface area (Å²) in [6, 6.07) is 0. The highest BCUT2D eigenvalue weighted by atomic mass is 79.9. The first-order valence-corrected chi connectivity index (χ1v) is 4.05. The third kappa shape index (κ3) is 4.17. The van der Waals surface area contributed by atoms with Crippen LogP contribution in [-0.2, 0) is 13.7 Å². The maximum absolute atomic E-state index is 9.78. The summed E-state index contributed by atoms with van der Waals surface area (Å²) >= 11 is 2.61. The van der Waals surface area contributed by atoms with Crippen molar-refractivity contribution < 1.29 is 8.39 Å². The molecule has 0 bridgehead atoms. The normalized spacial score (nSPS) is 12.8. The van der Waals surface area contributed by atoms with Gasteiger partial charge in [-0.15, -0.1) is 0 Å².